The predicted octanol–water partition coefficient (Wildman–Crippen LogP) is 10.8. The lowest BCUT2D eigenvalue weighted by molar-refractivity contribution is -0.116. The molecule has 0 saturated heterocycles. The van der Waals surface area contributed by atoms with Gasteiger partial charge < -0.3 is 24.4 Å². The van der Waals surface area contributed by atoms with Crippen LogP contribution in [0.5, 0.6) is 0 Å². The summed E-state index contributed by atoms with van der Waals surface area (Å²) in [7, 11) is -6.58. The smallest absolute Gasteiger partial charge is 0.464 e. The standard InChI is InChI=1S/C22H18NO4P.C21H18NO4P/c1-13-7-8-20-18(9-13)19(12-27-20)21(28(25)26)22(24)23-16-10-14(2)17-6-4-3-5-15(17)11-16;1-27(24,25)20(18-13-26-19-9-5-4-8-17(18)19)21(23)22-16-11-10-14-6-2-3-7-15(14)12-16/h3-12,21H,1-2H3,(H-,23,24,25,26);2-13,20H,1H3,(H,22,23)(H,24,25)/p+1. The second-order valence-electron chi connectivity index (χ2n) is 13.5. The number of carbonyl (C=O) groups excluding carboxylic acids is 2. The number of hydrogen-bond donors (Lipinski definition) is 4. The number of amides is 2. The molecule has 12 heteroatoms. The lowest BCUT2D eigenvalue weighted by Gasteiger charge is -2.19. The van der Waals surface area contributed by atoms with E-state index in [1.165, 1.54) is 19.2 Å². The van der Waals surface area contributed by atoms with Crippen LogP contribution in [-0.2, 0) is 18.7 Å². The summed E-state index contributed by atoms with van der Waals surface area (Å²) in [6, 6.07) is 37.6. The summed E-state index contributed by atoms with van der Waals surface area (Å²) in [5, 5.41) is 11.0. The fraction of sp³-hybridized carbons (Fsp3) is 0.116. The maximum absolute atomic E-state index is 13.0. The highest BCUT2D eigenvalue weighted by Crippen LogP contribution is 2.54. The van der Waals surface area contributed by atoms with Crippen molar-refractivity contribution in [1.29, 1.82) is 0 Å². The third kappa shape index (κ3) is 8.00. The molecular formula is C43H37N2O8P2+. The van der Waals surface area contributed by atoms with Crippen LogP contribution >= 0.6 is 15.4 Å². The molecule has 0 fully saturated rings. The maximum atomic E-state index is 13.0. The van der Waals surface area contributed by atoms with E-state index in [-0.39, 0.29) is 0 Å². The molecule has 10 nitrogen and oxygen atoms in total. The molecule has 0 bridgehead atoms. The molecule has 8 rings (SSSR count). The van der Waals surface area contributed by atoms with Gasteiger partial charge in [-0.3, -0.25) is 14.2 Å². The van der Waals surface area contributed by atoms with Crippen molar-refractivity contribution in [1.82, 2.24) is 0 Å². The number of furan rings is 2. The summed E-state index contributed by atoms with van der Waals surface area (Å²) in [6.07, 6.45) is 2.78. The molecule has 4 unspecified atom stereocenters. The highest BCUT2D eigenvalue weighted by molar-refractivity contribution is 7.58. The van der Waals surface area contributed by atoms with Gasteiger partial charge in [-0.15, -0.1) is 0 Å². The summed E-state index contributed by atoms with van der Waals surface area (Å²) in [4.78, 5) is 46.1. The molecular weight excluding hydrogens is 734 g/mol. The first-order valence-corrected chi connectivity index (χ1v) is 20.8. The topological polar surface area (TPSA) is 159 Å². The van der Waals surface area contributed by atoms with Gasteiger partial charge in [0.2, 0.25) is 13.3 Å². The zero-order valence-electron chi connectivity index (χ0n) is 30.1. The van der Waals surface area contributed by atoms with Gasteiger partial charge in [-0.1, -0.05) is 84.4 Å². The van der Waals surface area contributed by atoms with Crippen molar-refractivity contribution in [3.05, 3.63) is 156 Å². The number of benzene rings is 6. The monoisotopic (exact) mass is 771 g/mol. The molecule has 2 heterocycles. The van der Waals surface area contributed by atoms with Crippen LogP contribution in [0, 0.1) is 13.8 Å². The van der Waals surface area contributed by atoms with E-state index in [4.69, 9.17) is 8.83 Å². The van der Waals surface area contributed by atoms with E-state index in [0.717, 1.165) is 32.7 Å². The summed E-state index contributed by atoms with van der Waals surface area (Å²) >= 11 is 0. The van der Waals surface area contributed by atoms with Crippen LogP contribution in [0.4, 0.5) is 11.4 Å². The Labute approximate surface area is 317 Å². The quantitative estimate of drug-likeness (QED) is 0.111. The highest BCUT2D eigenvalue weighted by atomic mass is 31.2. The van der Waals surface area contributed by atoms with E-state index < -0.39 is 38.5 Å². The lowest BCUT2D eigenvalue weighted by Crippen LogP contribution is -2.21. The minimum atomic E-state index is -3.78. The number of hydrogen-bond acceptors (Lipinski definition) is 6. The Hall–Kier alpha value is -5.89. The molecule has 55 heavy (non-hydrogen) atoms. The molecule has 4 N–H and O–H groups in total. The van der Waals surface area contributed by atoms with Crippen molar-refractivity contribution >= 4 is 82.1 Å². The number of fused-ring (bicyclic) bond motifs is 4. The van der Waals surface area contributed by atoms with Gasteiger partial charge in [-0.05, 0) is 88.0 Å². The molecule has 0 aliphatic rings. The number of rotatable bonds is 8. The largest absolute Gasteiger partial charge is 0.523 e. The zero-order chi connectivity index (χ0) is 38.9. The van der Waals surface area contributed by atoms with Crippen LogP contribution in [0.15, 0.2) is 143 Å². The molecule has 8 aromatic rings. The molecule has 0 aliphatic carbocycles. The van der Waals surface area contributed by atoms with Gasteiger partial charge >= 0.3 is 8.03 Å². The Morgan fingerprint density at radius 1 is 0.655 bits per heavy atom. The van der Waals surface area contributed by atoms with E-state index >= 15 is 0 Å². The van der Waals surface area contributed by atoms with E-state index in [9.17, 15) is 28.5 Å². The number of carbonyl (C=O) groups is 2. The first-order valence-electron chi connectivity index (χ1n) is 17.4. The molecule has 2 amide bonds. The molecule has 276 valence electrons. The number of para-hydroxylation sites is 1. The average molecular weight is 772 g/mol. The van der Waals surface area contributed by atoms with Crippen molar-refractivity contribution in [2.24, 2.45) is 0 Å². The minimum absolute atomic E-state index is 0.414. The van der Waals surface area contributed by atoms with Crippen molar-refractivity contribution in [2.45, 2.75) is 25.2 Å². The van der Waals surface area contributed by atoms with Gasteiger partial charge in [-0.2, -0.15) is 4.89 Å². The Morgan fingerprint density at radius 3 is 1.98 bits per heavy atom. The van der Waals surface area contributed by atoms with Crippen LogP contribution in [0.1, 0.15) is 33.6 Å². The van der Waals surface area contributed by atoms with E-state index in [1.807, 2.05) is 105 Å². The van der Waals surface area contributed by atoms with Crippen molar-refractivity contribution in [3.8, 4) is 0 Å². The van der Waals surface area contributed by atoms with Gasteiger partial charge in [0.05, 0.1) is 11.8 Å². The molecule has 2 aromatic heterocycles. The Morgan fingerprint density at radius 2 is 1.25 bits per heavy atom. The third-order valence-electron chi connectivity index (χ3n) is 9.41. The second-order valence-corrected chi connectivity index (χ2v) is 17.0. The Kier molecular flexibility index (Phi) is 10.5. The second kappa shape index (κ2) is 15.5. The van der Waals surface area contributed by atoms with Crippen LogP contribution in [-0.4, -0.2) is 28.3 Å². The van der Waals surface area contributed by atoms with Gasteiger partial charge in [0.15, 0.2) is 0 Å². The third-order valence-corrected chi connectivity index (χ3v) is 11.8. The molecule has 0 radical (unpaired) electrons. The van der Waals surface area contributed by atoms with Gasteiger partial charge in [0.25, 0.3) is 11.6 Å². The number of nitrogens with one attached hydrogen (secondary N) is 2. The van der Waals surface area contributed by atoms with Gasteiger partial charge in [-0.25, -0.2) is 0 Å². The van der Waals surface area contributed by atoms with Crippen molar-refractivity contribution in [2.75, 3.05) is 17.3 Å². The fourth-order valence-electron chi connectivity index (χ4n) is 6.82. The van der Waals surface area contributed by atoms with E-state index in [2.05, 4.69) is 10.6 Å². The normalized spacial score (nSPS) is 13.8. The van der Waals surface area contributed by atoms with E-state index in [1.54, 1.807) is 30.3 Å². The Bertz CT molecular complexity index is 2800. The summed E-state index contributed by atoms with van der Waals surface area (Å²) in [6.45, 7) is 5.08. The first kappa shape index (κ1) is 37.4. The van der Waals surface area contributed by atoms with Crippen molar-refractivity contribution < 1.29 is 37.3 Å². The minimum Gasteiger partial charge on any atom is -0.464 e. The molecule has 0 spiro atoms. The molecule has 4 atom stereocenters. The van der Waals surface area contributed by atoms with Gasteiger partial charge in [0.1, 0.15) is 23.1 Å². The zero-order valence-corrected chi connectivity index (χ0v) is 31.9. The molecule has 6 aromatic carbocycles. The maximum Gasteiger partial charge on any atom is 0.523 e. The van der Waals surface area contributed by atoms with Gasteiger partial charge in [0, 0.05) is 34.4 Å². The summed E-state index contributed by atoms with van der Waals surface area (Å²) < 4.78 is 35.6. The number of anilines is 2. The predicted molar refractivity (Wildman–Crippen MR) is 218 cm³/mol. The van der Waals surface area contributed by atoms with Crippen LogP contribution in [0.3, 0.4) is 0 Å². The fourth-order valence-corrected chi connectivity index (χ4v) is 8.74. The Balaban J connectivity index is 0.000000169. The van der Waals surface area contributed by atoms with Crippen LogP contribution in [0.25, 0.3) is 43.5 Å². The highest BCUT2D eigenvalue weighted by Gasteiger charge is 2.41. The summed E-state index contributed by atoms with van der Waals surface area (Å²) in [5.41, 5.74) is 2.71. The number of aryl methyl sites for hydroxylation is 2. The van der Waals surface area contributed by atoms with Crippen LogP contribution in [0.2, 0.25) is 0 Å². The SMILES string of the molecule is CP(=O)(O)C(C(=O)Nc1ccc2ccccc2c1)c1coc2ccccc12.Cc1ccc2occ(C(C(=O)Nc3cc(C)c4ccccc4c3)[P+](=O)O)c2c1. The lowest BCUT2D eigenvalue weighted by atomic mass is 10.0. The van der Waals surface area contributed by atoms with Crippen LogP contribution < -0.4 is 10.6 Å². The molecule has 0 saturated carbocycles. The summed E-state index contributed by atoms with van der Waals surface area (Å²) in [5.74, 6) is -1.08. The van der Waals surface area contributed by atoms with Crippen molar-refractivity contribution in [3.63, 3.8) is 0 Å². The first-order chi connectivity index (χ1) is 26.4. The average Bonchev–Trinajstić information content (AvgIpc) is 3.75. The molecule has 0 aliphatic heterocycles. The van der Waals surface area contributed by atoms with E-state index in [0.29, 0.717) is 44.4 Å².